The van der Waals surface area contributed by atoms with E-state index in [4.69, 9.17) is 4.74 Å². The van der Waals surface area contributed by atoms with Gasteiger partial charge in [0.25, 0.3) is 5.91 Å². The highest BCUT2D eigenvalue weighted by atomic mass is 16.5. The molecule has 0 aromatic heterocycles. The summed E-state index contributed by atoms with van der Waals surface area (Å²) in [7, 11) is 0. The minimum Gasteiger partial charge on any atom is -0.482 e. The quantitative estimate of drug-likeness (QED) is 0.627. The SMILES string of the molecule is CCCCC1CCC(C(=O)Nc2ccc3c(c2)N(CCN2CCCCC2)C(=O)CO3)CC1. The van der Waals surface area contributed by atoms with Crippen LogP contribution >= 0.6 is 0 Å². The van der Waals surface area contributed by atoms with Crippen LogP contribution in [-0.2, 0) is 9.59 Å². The van der Waals surface area contributed by atoms with Gasteiger partial charge in [-0.1, -0.05) is 32.6 Å². The van der Waals surface area contributed by atoms with Crippen LogP contribution in [0.5, 0.6) is 5.75 Å². The first-order valence-electron chi connectivity index (χ1n) is 12.7. The van der Waals surface area contributed by atoms with Gasteiger partial charge in [-0.15, -0.1) is 0 Å². The molecule has 0 radical (unpaired) electrons. The minimum absolute atomic E-state index is 0.0108. The van der Waals surface area contributed by atoms with Crippen molar-refractivity contribution in [1.29, 1.82) is 0 Å². The number of nitrogens with zero attached hydrogens (tertiary/aromatic N) is 2. The van der Waals surface area contributed by atoms with Crippen LogP contribution in [0.3, 0.4) is 0 Å². The zero-order chi connectivity index (χ0) is 22.3. The first kappa shape index (κ1) is 23.1. The molecule has 0 unspecified atom stereocenters. The Labute approximate surface area is 192 Å². The molecule has 2 heterocycles. The zero-order valence-electron chi connectivity index (χ0n) is 19.6. The number of hydrogen-bond donors (Lipinski definition) is 1. The van der Waals surface area contributed by atoms with Crippen molar-refractivity contribution >= 4 is 23.2 Å². The van der Waals surface area contributed by atoms with E-state index in [1.807, 2.05) is 23.1 Å². The predicted molar refractivity (Wildman–Crippen MR) is 128 cm³/mol. The molecule has 176 valence electrons. The molecule has 0 bridgehead atoms. The van der Waals surface area contributed by atoms with Gasteiger partial charge in [-0.3, -0.25) is 9.59 Å². The molecule has 2 aliphatic heterocycles. The van der Waals surface area contributed by atoms with Crippen molar-refractivity contribution in [2.75, 3.05) is 43.0 Å². The van der Waals surface area contributed by atoms with Gasteiger partial charge < -0.3 is 19.9 Å². The molecule has 1 saturated carbocycles. The molecule has 6 nitrogen and oxygen atoms in total. The summed E-state index contributed by atoms with van der Waals surface area (Å²) in [5.74, 6) is 1.71. The highest BCUT2D eigenvalue weighted by Gasteiger charge is 2.28. The fourth-order valence-corrected chi connectivity index (χ4v) is 5.40. The lowest BCUT2D eigenvalue weighted by atomic mass is 9.79. The lowest BCUT2D eigenvalue weighted by Crippen LogP contribution is -2.44. The maximum absolute atomic E-state index is 12.9. The van der Waals surface area contributed by atoms with Crippen molar-refractivity contribution in [1.82, 2.24) is 4.90 Å². The number of ether oxygens (including phenoxy) is 1. The number of rotatable bonds is 8. The summed E-state index contributed by atoms with van der Waals surface area (Å²) in [6.07, 6.45) is 11.9. The van der Waals surface area contributed by atoms with E-state index in [1.54, 1.807) is 0 Å². The highest BCUT2D eigenvalue weighted by molar-refractivity contribution is 5.99. The maximum Gasteiger partial charge on any atom is 0.265 e. The van der Waals surface area contributed by atoms with Gasteiger partial charge in [0, 0.05) is 24.7 Å². The third-order valence-electron chi connectivity index (χ3n) is 7.44. The molecule has 3 aliphatic rings. The van der Waals surface area contributed by atoms with E-state index < -0.39 is 0 Å². The molecule has 6 heteroatoms. The van der Waals surface area contributed by atoms with E-state index in [0.717, 1.165) is 68.4 Å². The molecule has 1 aromatic rings. The van der Waals surface area contributed by atoms with Gasteiger partial charge in [0.2, 0.25) is 5.91 Å². The van der Waals surface area contributed by atoms with Crippen LogP contribution in [0, 0.1) is 11.8 Å². The molecule has 2 amide bonds. The zero-order valence-corrected chi connectivity index (χ0v) is 19.6. The average Bonchev–Trinajstić information content (AvgIpc) is 2.83. The summed E-state index contributed by atoms with van der Waals surface area (Å²) in [5.41, 5.74) is 1.53. The number of anilines is 2. The Morgan fingerprint density at radius 3 is 2.62 bits per heavy atom. The smallest absolute Gasteiger partial charge is 0.265 e. The van der Waals surface area contributed by atoms with Gasteiger partial charge >= 0.3 is 0 Å². The van der Waals surface area contributed by atoms with Gasteiger partial charge in [-0.05, 0) is 75.7 Å². The Morgan fingerprint density at radius 2 is 1.88 bits per heavy atom. The van der Waals surface area contributed by atoms with E-state index in [-0.39, 0.29) is 24.3 Å². The van der Waals surface area contributed by atoms with E-state index in [9.17, 15) is 9.59 Å². The van der Waals surface area contributed by atoms with Crippen molar-refractivity contribution in [2.24, 2.45) is 11.8 Å². The van der Waals surface area contributed by atoms with Gasteiger partial charge in [0.05, 0.1) is 5.69 Å². The molecule has 4 rings (SSSR count). The molecule has 1 N–H and O–H groups in total. The van der Waals surface area contributed by atoms with Crippen LogP contribution in [0.4, 0.5) is 11.4 Å². The number of unbranched alkanes of at least 4 members (excludes halogenated alkanes) is 1. The second-order valence-corrected chi connectivity index (χ2v) is 9.77. The lowest BCUT2D eigenvalue weighted by Gasteiger charge is -2.33. The Bertz CT molecular complexity index is 783. The largest absolute Gasteiger partial charge is 0.482 e. The van der Waals surface area contributed by atoms with E-state index in [2.05, 4.69) is 17.1 Å². The fourth-order valence-electron chi connectivity index (χ4n) is 5.40. The number of carbonyl (C=O) groups excluding carboxylic acids is 2. The summed E-state index contributed by atoms with van der Waals surface area (Å²) in [6.45, 7) is 6.09. The Kier molecular flexibility index (Phi) is 8.06. The van der Waals surface area contributed by atoms with Gasteiger partial charge in [0.15, 0.2) is 6.61 Å². The molecule has 0 atom stereocenters. The molecule has 1 aliphatic carbocycles. The molecule has 1 aromatic carbocycles. The van der Waals surface area contributed by atoms with Gasteiger partial charge in [-0.25, -0.2) is 0 Å². The van der Waals surface area contributed by atoms with Gasteiger partial charge in [0.1, 0.15) is 5.75 Å². The third kappa shape index (κ3) is 5.83. The lowest BCUT2D eigenvalue weighted by molar-refractivity contribution is -0.121. The molecule has 2 fully saturated rings. The topological polar surface area (TPSA) is 61.9 Å². The summed E-state index contributed by atoms with van der Waals surface area (Å²) in [6, 6.07) is 5.68. The van der Waals surface area contributed by atoms with Crippen LogP contribution in [0.2, 0.25) is 0 Å². The average molecular weight is 442 g/mol. The number of fused-ring (bicyclic) bond motifs is 1. The Hall–Kier alpha value is -2.08. The van der Waals surface area contributed by atoms with E-state index in [0.29, 0.717) is 6.54 Å². The normalized spacial score (nSPS) is 24.0. The summed E-state index contributed by atoms with van der Waals surface area (Å²) in [4.78, 5) is 29.8. The first-order valence-corrected chi connectivity index (χ1v) is 12.7. The predicted octanol–water partition coefficient (Wildman–Crippen LogP) is 4.83. The van der Waals surface area contributed by atoms with Crippen molar-refractivity contribution in [3.8, 4) is 5.75 Å². The number of piperidine rings is 1. The summed E-state index contributed by atoms with van der Waals surface area (Å²) < 4.78 is 5.66. The van der Waals surface area contributed by atoms with Crippen LogP contribution in [0.15, 0.2) is 18.2 Å². The van der Waals surface area contributed by atoms with E-state index >= 15 is 0 Å². The summed E-state index contributed by atoms with van der Waals surface area (Å²) in [5, 5.41) is 3.12. The Balaban J connectivity index is 1.36. The Morgan fingerprint density at radius 1 is 1.09 bits per heavy atom. The third-order valence-corrected chi connectivity index (χ3v) is 7.44. The van der Waals surface area contributed by atoms with Crippen molar-refractivity contribution in [2.45, 2.75) is 71.1 Å². The van der Waals surface area contributed by atoms with Crippen molar-refractivity contribution < 1.29 is 14.3 Å². The number of hydrogen-bond acceptors (Lipinski definition) is 4. The standard InChI is InChI=1S/C26H39N3O3/c1-2-3-7-20-8-10-21(11-9-20)26(31)27-22-12-13-24-23(18-22)29(25(30)19-32-24)17-16-28-14-5-4-6-15-28/h12-13,18,20-21H,2-11,14-17,19H2,1H3,(H,27,31). The van der Waals surface area contributed by atoms with Crippen molar-refractivity contribution in [3.63, 3.8) is 0 Å². The van der Waals surface area contributed by atoms with Crippen LogP contribution in [0.25, 0.3) is 0 Å². The second kappa shape index (κ2) is 11.2. The first-order chi connectivity index (χ1) is 15.6. The van der Waals surface area contributed by atoms with Crippen molar-refractivity contribution in [3.05, 3.63) is 18.2 Å². The molecule has 0 spiro atoms. The molecule has 1 saturated heterocycles. The molecular formula is C26H39N3O3. The van der Waals surface area contributed by atoms with Crippen LogP contribution < -0.4 is 15.0 Å². The van der Waals surface area contributed by atoms with Crippen LogP contribution in [-0.4, -0.2) is 49.5 Å². The van der Waals surface area contributed by atoms with Gasteiger partial charge in [-0.2, -0.15) is 0 Å². The second-order valence-electron chi connectivity index (χ2n) is 9.77. The minimum atomic E-state index is -0.0108. The number of nitrogens with one attached hydrogen (secondary N) is 1. The van der Waals surface area contributed by atoms with Crippen LogP contribution in [0.1, 0.15) is 71.1 Å². The summed E-state index contributed by atoms with van der Waals surface area (Å²) >= 11 is 0. The molecule has 32 heavy (non-hydrogen) atoms. The maximum atomic E-state index is 12.9. The number of benzene rings is 1. The number of likely N-dealkylation sites (tertiary alicyclic amines) is 1. The molecular weight excluding hydrogens is 402 g/mol. The van der Waals surface area contributed by atoms with E-state index in [1.165, 1.54) is 38.5 Å². The fraction of sp³-hybridized carbons (Fsp3) is 0.692. The number of amides is 2. The monoisotopic (exact) mass is 441 g/mol. The highest BCUT2D eigenvalue weighted by Crippen LogP contribution is 2.36. The number of carbonyl (C=O) groups is 2.